The van der Waals surface area contributed by atoms with Crippen molar-refractivity contribution in [3.05, 3.63) is 53.6 Å². The molecule has 1 aliphatic rings. The molecule has 1 N–H and O–H groups in total. The number of alkyl halides is 3. The Kier molecular flexibility index (Phi) is 7.10. The number of hydrogen-bond acceptors (Lipinski definition) is 4. The molecular weight excluding hydrogens is 405 g/mol. The van der Waals surface area contributed by atoms with Crippen molar-refractivity contribution in [2.45, 2.75) is 19.5 Å². The Hall–Kier alpha value is -2.74. The molecule has 31 heavy (non-hydrogen) atoms. The molecule has 1 fully saturated rings. The van der Waals surface area contributed by atoms with Crippen LogP contribution in [0.15, 0.2) is 42.5 Å². The molecule has 0 atom stereocenters. The molecule has 8 heteroatoms. The minimum absolute atomic E-state index is 0.234. The highest BCUT2D eigenvalue weighted by Crippen LogP contribution is 2.37. The van der Waals surface area contributed by atoms with Crippen molar-refractivity contribution in [2.75, 3.05) is 61.9 Å². The smallest absolute Gasteiger partial charge is 0.375 e. The minimum atomic E-state index is -4.57. The standard InChI is InChI=1S/C23H29F3N4O/c1-4-11-29(3)18-7-5-17(6-8-18)22(31)27-21-10-9-19(16-20(21)23(24,25)26)30-14-12-28(2)13-15-30/h5-10,16H,4,11-15H2,1-3H3,(H,27,31). The fourth-order valence-corrected chi connectivity index (χ4v) is 3.66. The lowest BCUT2D eigenvalue weighted by Crippen LogP contribution is -2.44. The number of nitrogens with zero attached hydrogens (tertiary/aromatic N) is 3. The van der Waals surface area contributed by atoms with Crippen molar-refractivity contribution in [1.29, 1.82) is 0 Å². The van der Waals surface area contributed by atoms with Gasteiger partial charge in [0.1, 0.15) is 0 Å². The zero-order valence-electron chi connectivity index (χ0n) is 18.2. The monoisotopic (exact) mass is 434 g/mol. The molecule has 0 spiro atoms. The molecule has 0 aliphatic carbocycles. The third-order valence-electron chi connectivity index (χ3n) is 5.55. The van der Waals surface area contributed by atoms with Gasteiger partial charge in [-0.2, -0.15) is 13.2 Å². The molecule has 0 aromatic heterocycles. The summed E-state index contributed by atoms with van der Waals surface area (Å²) in [6.07, 6.45) is -3.58. The van der Waals surface area contributed by atoms with E-state index in [9.17, 15) is 18.0 Å². The van der Waals surface area contributed by atoms with Crippen molar-refractivity contribution in [1.82, 2.24) is 4.90 Å². The molecule has 5 nitrogen and oxygen atoms in total. The number of hydrogen-bond donors (Lipinski definition) is 1. The van der Waals surface area contributed by atoms with Crippen LogP contribution < -0.4 is 15.1 Å². The van der Waals surface area contributed by atoms with E-state index < -0.39 is 17.6 Å². The Labute approximate surface area is 181 Å². The first-order chi connectivity index (χ1) is 14.7. The molecule has 1 saturated heterocycles. The van der Waals surface area contributed by atoms with E-state index in [4.69, 9.17) is 0 Å². The maximum atomic E-state index is 13.7. The van der Waals surface area contributed by atoms with Crippen LogP contribution >= 0.6 is 0 Å². The second-order valence-corrected chi connectivity index (χ2v) is 7.94. The van der Waals surface area contributed by atoms with Gasteiger partial charge in [-0.15, -0.1) is 0 Å². The summed E-state index contributed by atoms with van der Waals surface area (Å²) >= 11 is 0. The van der Waals surface area contributed by atoms with Crippen LogP contribution in [0, 0.1) is 0 Å². The van der Waals surface area contributed by atoms with E-state index in [2.05, 4.69) is 22.0 Å². The first kappa shape index (κ1) is 22.9. The fraction of sp³-hybridized carbons (Fsp3) is 0.435. The molecule has 2 aromatic carbocycles. The fourth-order valence-electron chi connectivity index (χ4n) is 3.66. The van der Waals surface area contributed by atoms with Crippen molar-refractivity contribution in [3.63, 3.8) is 0 Å². The van der Waals surface area contributed by atoms with E-state index in [0.717, 1.165) is 37.8 Å². The summed E-state index contributed by atoms with van der Waals surface area (Å²) in [7, 11) is 3.95. The maximum absolute atomic E-state index is 13.7. The molecule has 0 unspecified atom stereocenters. The topological polar surface area (TPSA) is 38.8 Å². The van der Waals surface area contributed by atoms with Gasteiger partial charge in [0.2, 0.25) is 0 Å². The number of piperazine rings is 1. The van der Waals surface area contributed by atoms with Crippen LogP contribution in [0.4, 0.5) is 30.2 Å². The van der Waals surface area contributed by atoms with Crippen molar-refractivity contribution >= 4 is 23.0 Å². The number of anilines is 3. The lowest BCUT2D eigenvalue weighted by molar-refractivity contribution is -0.136. The van der Waals surface area contributed by atoms with E-state index in [0.29, 0.717) is 24.3 Å². The van der Waals surface area contributed by atoms with Crippen LogP contribution in [-0.4, -0.2) is 57.6 Å². The van der Waals surface area contributed by atoms with Crippen LogP contribution in [0.25, 0.3) is 0 Å². The van der Waals surface area contributed by atoms with Crippen molar-refractivity contribution in [2.24, 2.45) is 0 Å². The van der Waals surface area contributed by atoms with Gasteiger partial charge in [-0.1, -0.05) is 6.92 Å². The molecule has 0 radical (unpaired) electrons. The van der Waals surface area contributed by atoms with Gasteiger partial charge in [0.25, 0.3) is 5.91 Å². The Morgan fingerprint density at radius 3 is 2.29 bits per heavy atom. The van der Waals surface area contributed by atoms with Crippen molar-refractivity contribution < 1.29 is 18.0 Å². The molecule has 168 valence electrons. The highest BCUT2D eigenvalue weighted by atomic mass is 19.4. The Morgan fingerprint density at radius 1 is 1.06 bits per heavy atom. The average molecular weight is 435 g/mol. The second kappa shape index (κ2) is 9.60. The molecule has 0 bridgehead atoms. The van der Waals surface area contributed by atoms with Crippen molar-refractivity contribution in [3.8, 4) is 0 Å². The SMILES string of the molecule is CCCN(C)c1ccc(C(=O)Nc2ccc(N3CCN(C)CC3)cc2C(F)(F)F)cc1. The lowest BCUT2D eigenvalue weighted by Gasteiger charge is -2.34. The van der Waals surface area contributed by atoms with E-state index in [1.807, 2.05) is 19.0 Å². The highest BCUT2D eigenvalue weighted by Gasteiger charge is 2.35. The van der Waals surface area contributed by atoms with Crippen LogP contribution in [0.5, 0.6) is 0 Å². The van der Waals surface area contributed by atoms with E-state index in [1.54, 1.807) is 30.3 Å². The van der Waals surface area contributed by atoms with Gasteiger partial charge < -0.3 is 20.0 Å². The van der Waals surface area contributed by atoms with Crippen LogP contribution in [0.3, 0.4) is 0 Å². The van der Waals surface area contributed by atoms with Crippen LogP contribution in [0.2, 0.25) is 0 Å². The van der Waals surface area contributed by atoms with Gasteiger partial charge in [-0.3, -0.25) is 4.79 Å². The quantitative estimate of drug-likeness (QED) is 0.724. The third kappa shape index (κ3) is 5.70. The lowest BCUT2D eigenvalue weighted by atomic mass is 10.1. The van der Waals surface area contributed by atoms with Gasteiger partial charge >= 0.3 is 6.18 Å². The number of amides is 1. The Bertz CT molecular complexity index is 891. The number of nitrogens with one attached hydrogen (secondary N) is 1. The zero-order chi connectivity index (χ0) is 22.6. The summed E-state index contributed by atoms with van der Waals surface area (Å²) in [5, 5.41) is 2.45. The molecule has 1 heterocycles. The number of carbonyl (C=O) groups is 1. The first-order valence-electron chi connectivity index (χ1n) is 10.5. The summed E-state index contributed by atoms with van der Waals surface area (Å²) < 4.78 is 41.2. The van der Waals surface area contributed by atoms with Gasteiger partial charge in [0.15, 0.2) is 0 Å². The number of likely N-dealkylation sites (N-methyl/N-ethyl adjacent to an activating group) is 1. The zero-order valence-corrected chi connectivity index (χ0v) is 18.2. The number of benzene rings is 2. The number of carbonyl (C=O) groups excluding carboxylic acids is 1. The average Bonchev–Trinajstić information content (AvgIpc) is 2.74. The molecule has 0 saturated carbocycles. The normalized spacial score (nSPS) is 15.1. The highest BCUT2D eigenvalue weighted by molar-refractivity contribution is 6.05. The van der Waals surface area contributed by atoms with Crippen LogP contribution in [-0.2, 0) is 6.18 Å². The number of halogens is 3. The maximum Gasteiger partial charge on any atom is 0.418 e. The van der Waals surface area contributed by atoms with E-state index >= 15 is 0 Å². The Morgan fingerprint density at radius 2 is 1.71 bits per heavy atom. The van der Waals surface area contributed by atoms with Gasteiger partial charge in [0, 0.05) is 56.7 Å². The molecular formula is C23H29F3N4O. The summed E-state index contributed by atoms with van der Waals surface area (Å²) in [5.41, 5.74) is 0.705. The van der Waals surface area contributed by atoms with E-state index in [-0.39, 0.29) is 5.69 Å². The predicted molar refractivity (Wildman–Crippen MR) is 119 cm³/mol. The van der Waals surface area contributed by atoms with Gasteiger partial charge in [0.05, 0.1) is 11.3 Å². The van der Waals surface area contributed by atoms with Gasteiger partial charge in [-0.25, -0.2) is 0 Å². The third-order valence-corrected chi connectivity index (χ3v) is 5.55. The molecule has 3 rings (SSSR count). The molecule has 1 aliphatic heterocycles. The second-order valence-electron chi connectivity index (χ2n) is 7.94. The predicted octanol–water partition coefficient (Wildman–Crippen LogP) is 4.56. The van der Waals surface area contributed by atoms with E-state index in [1.165, 1.54) is 6.07 Å². The molecule has 1 amide bonds. The first-order valence-corrected chi connectivity index (χ1v) is 10.5. The summed E-state index contributed by atoms with van der Waals surface area (Å²) in [5.74, 6) is -0.567. The summed E-state index contributed by atoms with van der Waals surface area (Å²) in [6.45, 7) is 5.87. The molecule has 2 aromatic rings. The van der Waals surface area contributed by atoms with Crippen LogP contribution in [0.1, 0.15) is 29.3 Å². The van der Waals surface area contributed by atoms with Gasteiger partial charge in [-0.05, 0) is 55.9 Å². The number of rotatable bonds is 6. The summed E-state index contributed by atoms with van der Waals surface area (Å²) in [4.78, 5) is 18.7. The summed E-state index contributed by atoms with van der Waals surface area (Å²) in [6, 6.07) is 11.0. The largest absolute Gasteiger partial charge is 0.418 e. The minimum Gasteiger partial charge on any atom is -0.375 e. The Balaban J connectivity index is 1.79.